The molecule has 0 aliphatic heterocycles. The molecule has 4 nitrogen and oxygen atoms in total. The number of hydrogen-bond donors (Lipinski definition) is 1. The predicted octanol–water partition coefficient (Wildman–Crippen LogP) is 4.83. The maximum atomic E-state index is 12.1. The first-order valence-electron chi connectivity index (χ1n) is 9.12. The van der Waals surface area contributed by atoms with Crippen LogP contribution in [0.2, 0.25) is 0 Å². The Bertz CT molecular complexity index is 1110. The Morgan fingerprint density at radius 2 is 1.54 bits per heavy atom. The summed E-state index contributed by atoms with van der Waals surface area (Å²) in [6, 6.07) is 26.0. The molecule has 0 unspecified atom stereocenters. The van der Waals surface area contributed by atoms with E-state index < -0.39 is 0 Å². The molecule has 1 amide bonds. The van der Waals surface area contributed by atoms with Gasteiger partial charge < -0.3 is 4.74 Å². The third kappa shape index (κ3) is 3.86. The Hall–Kier alpha value is -3.66. The molecule has 0 fully saturated rings. The van der Waals surface area contributed by atoms with Crippen molar-refractivity contribution in [3.05, 3.63) is 90.0 Å². The van der Waals surface area contributed by atoms with Crippen molar-refractivity contribution in [3.8, 4) is 5.75 Å². The monoisotopic (exact) mass is 368 g/mol. The standard InChI is InChI=1S/C24H20N2O2/c1-17-10-12-20(13-11-17)28-16-24(27)26-25-15-23-21-8-4-2-6-18(21)14-19-7-3-5-9-22(19)23/h2-15H,16H2,1H3,(H,26,27)/b25-15+. The number of fused-ring (bicyclic) bond motifs is 2. The number of benzene rings is 4. The van der Waals surface area contributed by atoms with Crippen molar-refractivity contribution < 1.29 is 9.53 Å². The zero-order valence-corrected chi connectivity index (χ0v) is 15.6. The second-order valence-corrected chi connectivity index (χ2v) is 6.63. The first-order valence-corrected chi connectivity index (χ1v) is 9.12. The molecule has 138 valence electrons. The molecule has 0 saturated carbocycles. The lowest BCUT2D eigenvalue weighted by Gasteiger charge is -2.08. The molecule has 4 heteroatoms. The minimum Gasteiger partial charge on any atom is -0.484 e. The second-order valence-electron chi connectivity index (χ2n) is 6.63. The molecule has 0 heterocycles. The van der Waals surface area contributed by atoms with Crippen molar-refractivity contribution in [2.24, 2.45) is 5.10 Å². The van der Waals surface area contributed by atoms with Crippen LogP contribution in [0.5, 0.6) is 5.75 Å². The van der Waals surface area contributed by atoms with Gasteiger partial charge in [-0.25, -0.2) is 5.43 Å². The number of hydrazone groups is 1. The van der Waals surface area contributed by atoms with E-state index >= 15 is 0 Å². The zero-order chi connectivity index (χ0) is 19.3. The fraction of sp³-hybridized carbons (Fsp3) is 0.0833. The molecular formula is C24H20N2O2. The van der Waals surface area contributed by atoms with E-state index in [2.05, 4.69) is 40.9 Å². The number of hydrogen-bond acceptors (Lipinski definition) is 3. The molecule has 0 aromatic heterocycles. The van der Waals surface area contributed by atoms with Crippen LogP contribution in [0.25, 0.3) is 21.5 Å². The van der Waals surface area contributed by atoms with Gasteiger partial charge in [0, 0.05) is 5.56 Å². The number of nitrogens with zero attached hydrogens (tertiary/aromatic N) is 1. The Kier molecular flexibility index (Phi) is 5.02. The highest BCUT2D eigenvalue weighted by molar-refractivity contribution is 6.13. The van der Waals surface area contributed by atoms with Crippen LogP contribution in [0, 0.1) is 6.92 Å². The van der Waals surface area contributed by atoms with Gasteiger partial charge in [0.05, 0.1) is 6.21 Å². The number of carbonyl (C=O) groups is 1. The molecule has 0 spiro atoms. The summed E-state index contributed by atoms with van der Waals surface area (Å²) in [5.41, 5.74) is 4.67. The van der Waals surface area contributed by atoms with Crippen LogP contribution in [0.4, 0.5) is 0 Å². The number of aryl methyl sites for hydroxylation is 1. The summed E-state index contributed by atoms with van der Waals surface area (Å²) >= 11 is 0. The lowest BCUT2D eigenvalue weighted by atomic mass is 9.97. The Balaban J connectivity index is 1.51. The SMILES string of the molecule is Cc1ccc(OCC(=O)N/N=C/c2c3ccccc3cc3ccccc23)cc1. The highest BCUT2D eigenvalue weighted by Crippen LogP contribution is 2.27. The predicted molar refractivity (Wildman–Crippen MR) is 114 cm³/mol. The van der Waals surface area contributed by atoms with Crippen LogP contribution in [0.15, 0.2) is 84.0 Å². The van der Waals surface area contributed by atoms with Gasteiger partial charge in [-0.3, -0.25) is 4.79 Å². The van der Waals surface area contributed by atoms with E-state index in [9.17, 15) is 4.79 Å². The minimum absolute atomic E-state index is 0.0866. The molecule has 0 bridgehead atoms. The van der Waals surface area contributed by atoms with E-state index in [1.807, 2.05) is 55.5 Å². The number of rotatable bonds is 5. The molecular weight excluding hydrogens is 348 g/mol. The molecule has 0 aliphatic rings. The van der Waals surface area contributed by atoms with Gasteiger partial charge in [-0.2, -0.15) is 5.10 Å². The summed E-state index contributed by atoms with van der Waals surface area (Å²) in [5.74, 6) is 0.353. The molecule has 4 aromatic carbocycles. The summed E-state index contributed by atoms with van der Waals surface area (Å²) in [6.07, 6.45) is 1.70. The maximum Gasteiger partial charge on any atom is 0.277 e. The Labute approximate surface area is 163 Å². The van der Waals surface area contributed by atoms with Crippen molar-refractivity contribution in [1.82, 2.24) is 5.43 Å². The highest BCUT2D eigenvalue weighted by Gasteiger charge is 2.06. The normalized spacial score (nSPS) is 11.2. The van der Waals surface area contributed by atoms with Gasteiger partial charge in [-0.05, 0) is 46.7 Å². The first-order chi connectivity index (χ1) is 13.7. The van der Waals surface area contributed by atoms with Crippen molar-refractivity contribution in [2.45, 2.75) is 6.92 Å². The molecule has 0 atom stereocenters. The number of nitrogens with one attached hydrogen (secondary N) is 1. The largest absolute Gasteiger partial charge is 0.484 e. The van der Waals surface area contributed by atoms with Gasteiger partial charge in [0.1, 0.15) is 5.75 Å². The quantitative estimate of drug-likeness (QED) is 0.312. The van der Waals surface area contributed by atoms with E-state index in [0.29, 0.717) is 5.75 Å². The molecule has 1 N–H and O–H groups in total. The number of amides is 1. The molecule has 4 rings (SSSR count). The summed E-state index contributed by atoms with van der Waals surface area (Å²) in [4.78, 5) is 12.1. The average molecular weight is 368 g/mol. The van der Waals surface area contributed by atoms with Crippen molar-refractivity contribution in [1.29, 1.82) is 0 Å². The molecule has 4 aromatic rings. The van der Waals surface area contributed by atoms with E-state index in [-0.39, 0.29) is 12.5 Å². The van der Waals surface area contributed by atoms with Crippen LogP contribution < -0.4 is 10.2 Å². The van der Waals surface area contributed by atoms with Gasteiger partial charge in [0.25, 0.3) is 5.91 Å². The molecule has 28 heavy (non-hydrogen) atoms. The van der Waals surface area contributed by atoms with E-state index in [4.69, 9.17) is 4.74 Å². The Morgan fingerprint density at radius 3 is 2.18 bits per heavy atom. The van der Waals surface area contributed by atoms with Gasteiger partial charge in [0.15, 0.2) is 6.61 Å². The smallest absolute Gasteiger partial charge is 0.277 e. The highest BCUT2D eigenvalue weighted by atomic mass is 16.5. The lowest BCUT2D eigenvalue weighted by Crippen LogP contribution is -2.24. The zero-order valence-electron chi connectivity index (χ0n) is 15.6. The molecule has 0 aliphatic carbocycles. The first kappa shape index (κ1) is 17.7. The molecule has 0 radical (unpaired) electrons. The van der Waals surface area contributed by atoms with E-state index in [1.165, 1.54) is 0 Å². The number of carbonyl (C=O) groups excluding carboxylic acids is 1. The van der Waals surface area contributed by atoms with Crippen LogP contribution >= 0.6 is 0 Å². The van der Waals surface area contributed by atoms with Crippen molar-refractivity contribution >= 4 is 33.7 Å². The van der Waals surface area contributed by atoms with Gasteiger partial charge in [0.2, 0.25) is 0 Å². The fourth-order valence-electron chi connectivity index (χ4n) is 3.17. The Morgan fingerprint density at radius 1 is 0.929 bits per heavy atom. The second kappa shape index (κ2) is 7.92. The van der Waals surface area contributed by atoms with Crippen LogP contribution in [-0.4, -0.2) is 18.7 Å². The van der Waals surface area contributed by atoms with E-state index in [0.717, 1.165) is 32.7 Å². The average Bonchev–Trinajstić information content (AvgIpc) is 2.73. The van der Waals surface area contributed by atoms with Crippen molar-refractivity contribution in [3.63, 3.8) is 0 Å². The summed E-state index contributed by atoms with van der Waals surface area (Å²) in [7, 11) is 0. The van der Waals surface area contributed by atoms with Gasteiger partial charge in [-0.1, -0.05) is 66.2 Å². The lowest BCUT2D eigenvalue weighted by molar-refractivity contribution is -0.123. The van der Waals surface area contributed by atoms with Gasteiger partial charge in [-0.15, -0.1) is 0 Å². The topological polar surface area (TPSA) is 50.7 Å². The third-order valence-corrected chi connectivity index (χ3v) is 4.59. The summed E-state index contributed by atoms with van der Waals surface area (Å²) in [5, 5.41) is 8.62. The maximum absolute atomic E-state index is 12.1. The summed E-state index contributed by atoms with van der Waals surface area (Å²) in [6.45, 7) is 1.92. The summed E-state index contributed by atoms with van der Waals surface area (Å²) < 4.78 is 5.48. The molecule has 0 saturated heterocycles. The van der Waals surface area contributed by atoms with Gasteiger partial charge >= 0.3 is 0 Å². The number of ether oxygens (including phenoxy) is 1. The minimum atomic E-state index is -0.304. The van der Waals surface area contributed by atoms with Crippen molar-refractivity contribution in [2.75, 3.05) is 6.61 Å². The third-order valence-electron chi connectivity index (χ3n) is 4.59. The van der Waals surface area contributed by atoms with Crippen LogP contribution in [-0.2, 0) is 4.79 Å². The van der Waals surface area contributed by atoms with Crippen LogP contribution in [0.1, 0.15) is 11.1 Å². The fourth-order valence-corrected chi connectivity index (χ4v) is 3.17. The van der Waals surface area contributed by atoms with Crippen LogP contribution in [0.3, 0.4) is 0 Å². The van der Waals surface area contributed by atoms with E-state index in [1.54, 1.807) is 6.21 Å².